The van der Waals surface area contributed by atoms with Crippen LogP contribution in [-0.4, -0.2) is 47.3 Å². The summed E-state index contributed by atoms with van der Waals surface area (Å²) in [6.45, 7) is 5.01. The van der Waals surface area contributed by atoms with Crippen molar-refractivity contribution in [1.82, 2.24) is 24.1 Å². The van der Waals surface area contributed by atoms with Crippen LogP contribution in [0.2, 0.25) is 0 Å². The molecule has 1 unspecified atom stereocenters. The van der Waals surface area contributed by atoms with E-state index < -0.39 is 29.6 Å². The highest BCUT2D eigenvalue weighted by Crippen LogP contribution is 2.30. The van der Waals surface area contributed by atoms with E-state index in [0.29, 0.717) is 16.4 Å². The number of nitrogens with one attached hydrogen (secondary N) is 1. The summed E-state index contributed by atoms with van der Waals surface area (Å²) < 4.78 is 41.7. The maximum absolute atomic E-state index is 13.3. The topological polar surface area (TPSA) is 105 Å². The number of aryl methyl sites for hydroxylation is 1. The molecule has 3 aromatic rings. The van der Waals surface area contributed by atoms with Gasteiger partial charge in [-0.05, 0) is 32.4 Å². The molecule has 2 N–H and O–H groups in total. The lowest BCUT2D eigenvalue weighted by molar-refractivity contribution is -0.141. The smallest absolute Gasteiger partial charge is 0.372 e. The number of anilines is 1. The Labute approximate surface area is 180 Å². The van der Waals surface area contributed by atoms with Crippen molar-refractivity contribution in [3.63, 3.8) is 0 Å². The van der Waals surface area contributed by atoms with Gasteiger partial charge in [-0.1, -0.05) is 6.07 Å². The largest absolute Gasteiger partial charge is 0.435 e. The van der Waals surface area contributed by atoms with Crippen LogP contribution in [0.1, 0.15) is 41.2 Å². The lowest BCUT2D eigenvalue weighted by atomic mass is 10.2. The molecular weight excluding hydrogens is 429 g/mol. The Kier molecular flexibility index (Phi) is 5.19. The fourth-order valence-corrected chi connectivity index (χ4v) is 3.67. The average Bonchev–Trinajstić information content (AvgIpc) is 3.30. The van der Waals surface area contributed by atoms with Gasteiger partial charge in [0.2, 0.25) is 0 Å². The minimum atomic E-state index is -4.78. The van der Waals surface area contributed by atoms with E-state index in [1.165, 1.54) is 9.47 Å². The van der Waals surface area contributed by atoms with Crippen LogP contribution in [0, 0.1) is 6.92 Å². The SMILES string of the molecule is Cc1ccc(NC(O)Cn2c3c(c(=O)n4nc(C(F)(F)F)cc24)CN(C(C)C)C3=O)nc1. The van der Waals surface area contributed by atoms with Crippen molar-refractivity contribution in [3.8, 4) is 0 Å². The summed E-state index contributed by atoms with van der Waals surface area (Å²) in [5.41, 5.74) is -1.40. The number of rotatable bonds is 5. The van der Waals surface area contributed by atoms with Crippen LogP contribution >= 0.6 is 0 Å². The normalized spacial score (nSPS) is 15.0. The number of fused-ring (bicyclic) bond motifs is 2. The predicted molar refractivity (Wildman–Crippen MR) is 108 cm³/mol. The van der Waals surface area contributed by atoms with Gasteiger partial charge in [0.05, 0.1) is 18.7 Å². The molecule has 1 atom stereocenters. The number of carbonyl (C=O) groups is 1. The third kappa shape index (κ3) is 3.70. The van der Waals surface area contributed by atoms with Crippen molar-refractivity contribution in [2.24, 2.45) is 0 Å². The molecule has 0 fully saturated rings. The number of pyridine rings is 1. The van der Waals surface area contributed by atoms with Gasteiger partial charge in [0.1, 0.15) is 23.4 Å². The number of amides is 1. The van der Waals surface area contributed by atoms with Crippen LogP contribution in [0.25, 0.3) is 5.65 Å². The summed E-state index contributed by atoms with van der Waals surface area (Å²) in [4.78, 5) is 31.5. The van der Waals surface area contributed by atoms with Crippen LogP contribution in [0.5, 0.6) is 0 Å². The second-order valence-corrected chi connectivity index (χ2v) is 7.95. The Morgan fingerprint density at radius 3 is 2.56 bits per heavy atom. The van der Waals surface area contributed by atoms with Crippen LogP contribution in [0.4, 0.5) is 19.0 Å². The van der Waals surface area contributed by atoms with E-state index in [9.17, 15) is 27.9 Å². The van der Waals surface area contributed by atoms with Crippen molar-refractivity contribution in [3.05, 3.63) is 57.3 Å². The standard InChI is InChI=1S/C20H21F3N6O3/c1-10(2)27-8-12-17(19(27)32)28(9-15(30)25-14-5-4-11(3)7-24-14)16-6-13(20(21,22)23)26-29(16)18(12)31/h4-7,10,15,30H,8-9H2,1-3H3,(H,24,25). The first-order chi connectivity index (χ1) is 15.0. The summed E-state index contributed by atoms with van der Waals surface area (Å²) in [5.74, 6) is -0.151. The van der Waals surface area contributed by atoms with E-state index in [0.717, 1.165) is 5.56 Å². The summed E-state index contributed by atoms with van der Waals surface area (Å²) in [6.07, 6.45) is -4.51. The highest BCUT2D eigenvalue weighted by atomic mass is 19.4. The number of carbonyl (C=O) groups excluding carboxylic acids is 1. The fourth-order valence-electron chi connectivity index (χ4n) is 3.67. The predicted octanol–water partition coefficient (Wildman–Crippen LogP) is 2.01. The number of aromatic nitrogens is 4. The molecule has 0 radical (unpaired) electrons. The monoisotopic (exact) mass is 450 g/mol. The molecule has 0 aliphatic carbocycles. The van der Waals surface area contributed by atoms with Crippen molar-refractivity contribution < 1.29 is 23.1 Å². The Hall–Kier alpha value is -3.41. The number of aliphatic hydroxyl groups excluding tert-OH is 1. The number of alkyl halides is 3. The van der Waals surface area contributed by atoms with E-state index >= 15 is 0 Å². The van der Waals surface area contributed by atoms with Gasteiger partial charge < -0.3 is 19.9 Å². The molecule has 3 aromatic heterocycles. The maximum atomic E-state index is 13.3. The van der Waals surface area contributed by atoms with Crippen LogP contribution in [-0.2, 0) is 19.3 Å². The molecular formula is C20H21F3N6O3. The van der Waals surface area contributed by atoms with Gasteiger partial charge in [0.15, 0.2) is 5.69 Å². The molecule has 1 amide bonds. The Bertz CT molecular complexity index is 1250. The maximum Gasteiger partial charge on any atom is 0.435 e. The zero-order valence-electron chi connectivity index (χ0n) is 17.5. The molecule has 0 bridgehead atoms. The molecule has 1 aliphatic rings. The molecule has 32 heavy (non-hydrogen) atoms. The third-order valence-electron chi connectivity index (χ3n) is 5.26. The molecule has 9 nitrogen and oxygen atoms in total. The molecule has 0 saturated carbocycles. The number of nitrogens with zero attached hydrogens (tertiary/aromatic N) is 5. The average molecular weight is 450 g/mol. The number of hydrogen-bond donors (Lipinski definition) is 2. The van der Waals surface area contributed by atoms with Gasteiger partial charge in [0, 0.05) is 18.3 Å². The van der Waals surface area contributed by atoms with E-state index in [2.05, 4.69) is 15.4 Å². The quantitative estimate of drug-likeness (QED) is 0.577. The van der Waals surface area contributed by atoms with E-state index in [1.54, 1.807) is 32.2 Å². The number of halogens is 3. The van der Waals surface area contributed by atoms with Gasteiger partial charge in [-0.3, -0.25) is 9.59 Å². The number of aliphatic hydroxyl groups is 1. The number of hydrogen-bond acceptors (Lipinski definition) is 6. The van der Waals surface area contributed by atoms with Gasteiger partial charge in [0.25, 0.3) is 11.5 Å². The molecule has 1 aliphatic heterocycles. The highest BCUT2D eigenvalue weighted by molar-refractivity contribution is 5.97. The molecule has 4 heterocycles. The molecule has 170 valence electrons. The van der Waals surface area contributed by atoms with Gasteiger partial charge in [-0.2, -0.15) is 22.8 Å². The Balaban J connectivity index is 1.83. The van der Waals surface area contributed by atoms with E-state index in [-0.39, 0.29) is 36.0 Å². The van der Waals surface area contributed by atoms with Crippen LogP contribution in [0.15, 0.2) is 29.2 Å². The molecule has 0 spiro atoms. The minimum Gasteiger partial charge on any atom is -0.372 e. The van der Waals surface area contributed by atoms with Crippen molar-refractivity contribution in [1.29, 1.82) is 0 Å². The van der Waals surface area contributed by atoms with E-state index in [1.807, 2.05) is 6.92 Å². The third-order valence-corrected chi connectivity index (χ3v) is 5.26. The zero-order valence-corrected chi connectivity index (χ0v) is 17.5. The minimum absolute atomic E-state index is 0.0358. The fraction of sp³-hybridized carbons (Fsp3) is 0.400. The van der Waals surface area contributed by atoms with Crippen molar-refractivity contribution >= 4 is 17.4 Å². The second kappa shape index (κ2) is 7.62. The summed E-state index contributed by atoms with van der Waals surface area (Å²) in [6, 6.07) is 3.87. The molecule has 4 rings (SSSR count). The first-order valence-electron chi connectivity index (χ1n) is 9.88. The lowest BCUT2D eigenvalue weighted by Gasteiger charge is -2.21. The Morgan fingerprint density at radius 1 is 1.25 bits per heavy atom. The summed E-state index contributed by atoms with van der Waals surface area (Å²) >= 11 is 0. The van der Waals surface area contributed by atoms with Crippen molar-refractivity contribution in [2.45, 2.75) is 52.3 Å². The first kappa shape index (κ1) is 21.8. The van der Waals surface area contributed by atoms with Gasteiger partial charge in [-0.15, -0.1) is 0 Å². The van der Waals surface area contributed by atoms with Crippen molar-refractivity contribution in [2.75, 3.05) is 5.32 Å². The highest BCUT2D eigenvalue weighted by Gasteiger charge is 2.39. The first-order valence-corrected chi connectivity index (χ1v) is 9.88. The van der Waals surface area contributed by atoms with Crippen LogP contribution < -0.4 is 10.9 Å². The van der Waals surface area contributed by atoms with Gasteiger partial charge in [-0.25, -0.2) is 4.98 Å². The van der Waals surface area contributed by atoms with Crippen LogP contribution in [0.3, 0.4) is 0 Å². The summed E-state index contributed by atoms with van der Waals surface area (Å²) in [7, 11) is 0. The zero-order chi connectivity index (χ0) is 23.4. The molecule has 0 aromatic carbocycles. The van der Waals surface area contributed by atoms with Gasteiger partial charge >= 0.3 is 6.18 Å². The molecule has 0 saturated heterocycles. The van der Waals surface area contributed by atoms with E-state index in [4.69, 9.17) is 0 Å². The molecule has 12 heteroatoms. The Morgan fingerprint density at radius 2 is 1.97 bits per heavy atom. The second-order valence-electron chi connectivity index (χ2n) is 7.95. The summed E-state index contributed by atoms with van der Waals surface area (Å²) in [5, 5.41) is 16.8. The lowest BCUT2D eigenvalue weighted by Crippen LogP contribution is -2.33.